The van der Waals surface area contributed by atoms with Gasteiger partial charge in [-0.25, -0.2) is 0 Å². The Morgan fingerprint density at radius 1 is 1.05 bits per heavy atom. The number of hydrogen-bond donors (Lipinski definition) is 1. The van der Waals surface area contributed by atoms with Gasteiger partial charge >= 0.3 is 0 Å². The van der Waals surface area contributed by atoms with Gasteiger partial charge in [-0.2, -0.15) is 0 Å². The number of carbonyl (C=O) groups excluding carboxylic acids is 1. The van der Waals surface area contributed by atoms with Crippen molar-refractivity contribution in [3.05, 3.63) is 69.3 Å². The summed E-state index contributed by atoms with van der Waals surface area (Å²) in [5.41, 5.74) is 1.65. The van der Waals surface area contributed by atoms with E-state index in [0.717, 1.165) is 9.99 Å². The molecule has 3 heteroatoms. The van der Waals surface area contributed by atoms with Gasteiger partial charge in [0.2, 0.25) is 0 Å². The number of amides is 1. The third-order valence-corrected chi connectivity index (χ3v) is 3.77. The van der Waals surface area contributed by atoms with E-state index in [4.69, 9.17) is 0 Å². The summed E-state index contributed by atoms with van der Waals surface area (Å²) < 4.78 is 1.13. The Kier molecular flexibility index (Phi) is 4.81. The van der Waals surface area contributed by atoms with Crippen molar-refractivity contribution in [3.63, 3.8) is 0 Å². The van der Waals surface area contributed by atoms with Crippen LogP contribution in [0.3, 0.4) is 0 Å². The fraction of sp³-hybridized carbons (Fsp3) is 0.235. The average molecular weight is 379 g/mol. The first-order chi connectivity index (χ1) is 9.46. The Bertz CT molecular complexity index is 576. The second-order valence-corrected chi connectivity index (χ2v) is 6.75. The number of hydrogen-bond acceptors (Lipinski definition) is 1. The maximum atomic E-state index is 12.2. The molecule has 0 aliphatic carbocycles. The SMILES string of the molecule is CC(C)(Cc1ccccc1)NC(=O)c1ccc(I)cc1. The molecule has 0 fully saturated rings. The zero-order chi connectivity index (χ0) is 14.6. The standard InChI is InChI=1S/C17H18INO/c1-17(2,12-13-6-4-3-5-7-13)19-16(20)14-8-10-15(18)11-9-14/h3-11H,12H2,1-2H3,(H,19,20). The molecule has 2 aromatic carbocycles. The van der Waals surface area contributed by atoms with Crippen LogP contribution in [0.5, 0.6) is 0 Å². The molecule has 0 unspecified atom stereocenters. The van der Waals surface area contributed by atoms with E-state index in [1.807, 2.05) is 56.3 Å². The molecule has 0 saturated heterocycles. The highest BCUT2D eigenvalue weighted by atomic mass is 127. The van der Waals surface area contributed by atoms with Crippen LogP contribution < -0.4 is 5.32 Å². The molecule has 0 atom stereocenters. The van der Waals surface area contributed by atoms with Crippen LogP contribution in [0.4, 0.5) is 0 Å². The summed E-state index contributed by atoms with van der Waals surface area (Å²) in [6.07, 6.45) is 0.809. The zero-order valence-electron chi connectivity index (χ0n) is 11.7. The van der Waals surface area contributed by atoms with Crippen LogP contribution in [0.25, 0.3) is 0 Å². The normalized spacial score (nSPS) is 11.2. The summed E-state index contributed by atoms with van der Waals surface area (Å²) in [6.45, 7) is 4.09. The van der Waals surface area contributed by atoms with Gasteiger partial charge < -0.3 is 5.32 Å². The third-order valence-electron chi connectivity index (χ3n) is 3.05. The fourth-order valence-corrected chi connectivity index (χ4v) is 2.49. The van der Waals surface area contributed by atoms with Crippen LogP contribution in [0.1, 0.15) is 29.8 Å². The van der Waals surface area contributed by atoms with Crippen molar-refractivity contribution in [2.75, 3.05) is 0 Å². The lowest BCUT2D eigenvalue weighted by molar-refractivity contribution is 0.0913. The number of nitrogens with one attached hydrogen (secondary N) is 1. The van der Waals surface area contributed by atoms with Crippen LogP contribution in [0, 0.1) is 3.57 Å². The lowest BCUT2D eigenvalue weighted by Gasteiger charge is -2.26. The minimum absolute atomic E-state index is 0.0256. The lowest BCUT2D eigenvalue weighted by Crippen LogP contribution is -2.45. The smallest absolute Gasteiger partial charge is 0.251 e. The lowest BCUT2D eigenvalue weighted by atomic mass is 9.94. The molecule has 20 heavy (non-hydrogen) atoms. The van der Waals surface area contributed by atoms with Crippen molar-refractivity contribution < 1.29 is 4.79 Å². The van der Waals surface area contributed by atoms with Crippen molar-refractivity contribution in [1.82, 2.24) is 5.32 Å². The molecule has 0 aromatic heterocycles. The first-order valence-corrected chi connectivity index (χ1v) is 7.66. The molecule has 0 heterocycles. The second kappa shape index (κ2) is 6.39. The third kappa shape index (κ3) is 4.34. The van der Waals surface area contributed by atoms with Crippen LogP contribution >= 0.6 is 22.6 Å². The molecule has 104 valence electrons. The molecule has 2 nitrogen and oxygen atoms in total. The molecule has 0 aliphatic heterocycles. The molecule has 1 amide bonds. The van der Waals surface area contributed by atoms with Crippen molar-refractivity contribution >= 4 is 28.5 Å². The maximum absolute atomic E-state index is 12.2. The Labute approximate surface area is 133 Å². The molecule has 0 spiro atoms. The van der Waals surface area contributed by atoms with Crippen molar-refractivity contribution in [1.29, 1.82) is 0 Å². The van der Waals surface area contributed by atoms with E-state index in [2.05, 4.69) is 40.0 Å². The predicted molar refractivity (Wildman–Crippen MR) is 90.9 cm³/mol. The zero-order valence-corrected chi connectivity index (χ0v) is 13.8. The fourth-order valence-electron chi connectivity index (χ4n) is 2.13. The minimum atomic E-state index is -0.276. The molecule has 0 saturated carbocycles. The molecule has 1 N–H and O–H groups in total. The van der Waals surface area contributed by atoms with Crippen LogP contribution in [-0.4, -0.2) is 11.4 Å². The van der Waals surface area contributed by atoms with Crippen LogP contribution in [0.2, 0.25) is 0 Å². The van der Waals surface area contributed by atoms with Gasteiger partial charge in [0.1, 0.15) is 0 Å². The van der Waals surface area contributed by atoms with Gasteiger partial charge in [-0.05, 0) is 72.7 Å². The molecule has 0 aliphatic rings. The molecular formula is C17H18INO. The summed E-state index contributed by atoms with van der Waals surface area (Å²) in [5, 5.41) is 3.10. The van der Waals surface area contributed by atoms with Gasteiger partial charge in [0, 0.05) is 14.7 Å². The molecule has 0 radical (unpaired) electrons. The first-order valence-electron chi connectivity index (χ1n) is 6.58. The highest BCUT2D eigenvalue weighted by molar-refractivity contribution is 14.1. The van der Waals surface area contributed by atoms with Crippen LogP contribution in [0.15, 0.2) is 54.6 Å². The van der Waals surface area contributed by atoms with E-state index >= 15 is 0 Å². The topological polar surface area (TPSA) is 29.1 Å². The number of benzene rings is 2. The van der Waals surface area contributed by atoms with E-state index < -0.39 is 0 Å². The van der Waals surface area contributed by atoms with E-state index in [0.29, 0.717) is 5.56 Å². The summed E-state index contributed by atoms with van der Waals surface area (Å²) in [4.78, 5) is 12.2. The van der Waals surface area contributed by atoms with E-state index in [1.165, 1.54) is 5.56 Å². The maximum Gasteiger partial charge on any atom is 0.251 e. The molecule has 0 bridgehead atoms. The van der Waals surface area contributed by atoms with Gasteiger partial charge in [0.15, 0.2) is 0 Å². The summed E-state index contributed by atoms with van der Waals surface area (Å²) in [5.74, 6) is -0.0256. The Hall–Kier alpha value is -1.36. The van der Waals surface area contributed by atoms with E-state index in [-0.39, 0.29) is 11.4 Å². The minimum Gasteiger partial charge on any atom is -0.347 e. The van der Waals surface area contributed by atoms with E-state index in [9.17, 15) is 4.79 Å². The summed E-state index contributed by atoms with van der Waals surface area (Å²) in [6, 6.07) is 17.8. The van der Waals surface area contributed by atoms with Crippen LogP contribution in [-0.2, 0) is 6.42 Å². The van der Waals surface area contributed by atoms with Gasteiger partial charge in [0.25, 0.3) is 5.91 Å². The predicted octanol–water partition coefficient (Wildman–Crippen LogP) is 4.04. The molecule has 2 aromatic rings. The molecular weight excluding hydrogens is 361 g/mol. The van der Waals surface area contributed by atoms with Crippen molar-refractivity contribution in [2.24, 2.45) is 0 Å². The largest absolute Gasteiger partial charge is 0.347 e. The van der Waals surface area contributed by atoms with Gasteiger partial charge in [0.05, 0.1) is 0 Å². The Morgan fingerprint density at radius 2 is 1.65 bits per heavy atom. The first kappa shape index (κ1) is 15.0. The monoisotopic (exact) mass is 379 g/mol. The van der Waals surface area contributed by atoms with Gasteiger partial charge in [-0.15, -0.1) is 0 Å². The summed E-state index contributed by atoms with van der Waals surface area (Å²) >= 11 is 2.23. The highest BCUT2D eigenvalue weighted by Crippen LogP contribution is 2.14. The van der Waals surface area contributed by atoms with Gasteiger partial charge in [-0.1, -0.05) is 30.3 Å². The van der Waals surface area contributed by atoms with Gasteiger partial charge in [-0.3, -0.25) is 4.79 Å². The number of halogens is 1. The van der Waals surface area contributed by atoms with E-state index in [1.54, 1.807) is 0 Å². The number of carbonyl (C=O) groups is 1. The second-order valence-electron chi connectivity index (χ2n) is 5.51. The Balaban J connectivity index is 2.04. The molecule has 2 rings (SSSR count). The Morgan fingerprint density at radius 3 is 2.25 bits per heavy atom. The highest BCUT2D eigenvalue weighted by Gasteiger charge is 2.21. The van der Waals surface area contributed by atoms with Crippen molar-refractivity contribution in [3.8, 4) is 0 Å². The quantitative estimate of drug-likeness (QED) is 0.799. The average Bonchev–Trinajstić information content (AvgIpc) is 2.39. The summed E-state index contributed by atoms with van der Waals surface area (Å²) in [7, 11) is 0. The van der Waals surface area contributed by atoms with Crippen molar-refractivity contribution in [2.45, 2.75) is 25.8 Å². The number of rotatable bonds is 4.